The van der Waals surface area contributed by atoms with Crippen LogP contribution in [0, 0.1) is 5.92 Å². The first kappa shape index (κ1) is 18.8. The second-order valence-electron chi connectivity index (χ2n) is 8.64. The Bertz CT molecular complexity index is 603. The van der Waals surface area contributed by atoms with Crippen molar-refractivity contribution in [2.45, 2.75) is 63.8 Å². The molecule has 1 aromatic carbocycles. The summed E-state index contributed by atoms with van der Waals surface area (Å²) < 4.78 is 5.98. The third-order valence-corrected chi connectivity index (χ3v) is 6.62. The van der Waals surface area contributed by atoms with E-state index < -0.39 is 0 Å². The van der Waals surface area contributed by atoms with Gasteiger partial charge in [-0.1, -0.05) is 19.3 Å². The molecule has 0 spiro atoms. The lowest BCUT2D eigenvalue weighted by molar-refractivity contribution is 0.0708. The monoisotopic (exact) mass is 370 g/mol. The van der Waals surface area contributed by atoms with Gasteiger partial charge in [-0.05, 0) is 81.8 Å². The average Bonchev–Trinajstić information content (AvgIpc) is 3.40. The van der Waals surface area contributed by atoms with E-state index in [0.29, 0.717) is 12.0 Å². The Balaban J connectivity index is 1.31. The number of rotatable bonds is 6. The molecule has 4 nitrogen and oxygen atoms in total. The summed E-state index contributed by atoms with van der Waals surface area (Å²) >= 11 is 0. The van der Waals surface area contributed by atoms with Crippen LogP contribution < -0.4 is 4.74 Å². The number of nitrogens with zero attached hydrogens (tertiary/aromatic N) is 2. The number of carbonyl (C=O) groups is 1. The van der Waals surface area contributed by atoms with Gasteiger partial charge in [0, 0.05) is 24.7 Å². The molecule has 1 aromatic rings. The number of amides is 1. The minimum atomic E-state index is 0.190. The molecule has 3 aliphatic rings. The van der Waals surface area contributed by atoms with Gasteiger partial charge < -0.3 is 14.5 Å². The van der Waals surface area contributed by atoms with Crippen LogP contribution in [-0.2, 0) is 0 Å². The second kappa shape index (κ2) is 9.09. The van der Waals surface area contributed by atoms with E-state index in [0.717, 1.165) is 43.9 Å². The Morgan fingerprint density at radius 1 is 0.889 bits per heavy atom. The van der Waals surface area contributed by atoms with Crippen LogP contribution in [0.15, 0.2) is 24.3 Å². The zero-order valence-corrected chi connectivity index (χ0v) is 16.6. The van der Waals surface area contributed by atoms with Gasteiger partial charge in [0.1, 0.15) is 5.75 Å². The molecule has 1 saturated carbocycles. The molecule has 27 heavy (non-hydrogen) atoms. The molecule has 1 aliphatic carbocycles. The summed E-state index contributed by atoms with van der Waals surface area (Å²) in [4.78, 5) is 17.6. The lowest BCUT2D eigenvalue weighted by atomic mass is 9.90. The molecule has 2 heterocycles. The van der Waals surface area contributed by atoms with E-state index in [1.54, 1.807) is 0 Å². The molecule has 2 saturated heterocycles. The summed E-state index contributed by atoms with van der Waals surface area (Å²) in [5.41, 5.74) is 0.799. The Morgan fingerprint density at radius 3 is 2.37 bits per heavy atom. The summed E-state index contributed by atoms with van der Waals surface area (Å²) in [6.07, 6.45) is 11.5. The predicted molar refractivity (Wildman–Crippen MR) is 108 cm³/mol. The Morgan fingerprint density at radius 2 is 1.63 bits per heavy atom. The van der Waals surface area contributed by atoms with Gasteiger partial charge in [0.15, 0.2) is 0 Å². The van der Waals surface area contributed by atoms with Gasteiger partial charge in [0.2, 0.25) is 0 Å². The quantitative estimate of drug-likeness (QED) is 0.746. The number of ether oxygens (including phenoxy) is 1. The summed E-state index contributed by atoms with van der Waals surface area (Å²) in [6.45, 7) is 5.17. The molecular weight excluding hydrogens is 336 g/mol. The van der Waals surface area contributed by atoms with E-state index in [2.05, 4.69) is 9.80 Å². The van der Waals surface area contributed by atoms with Crippen LogP contribution >= 0.6 is 0 Å². The smallest absolute Gasteiger partial charge is 0.254 e. The van der Waals surface area contributed by atoms with Crippen molar-refractivity contribution in [2.24, 2.45) is 5.92 Å². The number of benzene rings is 1. The lowest BCUT2D eigenvalue weighted by Crippen LogP contribution is -2.42. The molecule has 1 atom stereocenters. The van der Waals surface area contributed by atoms with Gasteiger partial charge in [-0.2, -0.15) is 0 Å². The van der Waals surface area contributed by atoms with Crippen LogP contribution in [0.25, 0.3) is 0 Å². The number of carbonyl (C=O) groups excluding carboxylic acids is 1. The zero-order valence-electron chi connectivity index (χ0n) is 16.6. The molecular formula is C23H34N2O2. The molecule has 4 heteroatoms. The fraction of sp³-hybridized carbons (Fsp3) is 0.696. The van der Waals surface area contributed by atoms with Gasteiger partial charge in [-0.25, -0.2) is 0 Å². The largest absolute Gasteiger partial charge is 0.493 e. The van der Waals surface area contributed by atoms with E-state index in [1.807, 2.05) is 24.3 Å². The number of hydrogen-bond acceptors (Lipinski definition) is 3. The zero-order chi connectivity index (χ0) is 18.5. The molecule has 1 unspecified atom stereocenters. The van der Waals surface area contributed by atoms with Crippen LogP contribution in [0.3, 0.4) is 0 Å². The van der Waals surface area contributed by atoms with Crippen molar-refractivity contribution >= 4 is 5.91 Å². The standard InChI is InChI=1S/C23H34N2O2/c26-23(25-16-6-9-21(25)17-24-14-4-5-15-24)20-10-12-22(13-11-20)27-18-19-7-2-1-3-8-19/h10-13,19,21H,1-9,14-18H2. The highest BCUT2D eigenvalue weighted by Crippen LogP contribution is 2.26. The molecule has 1 amide bonds. The van der Waals surface area contributed by atoms with Gasteiger partial charge in [-0.15, -0.1) is 0 Å². The molecule has 0 radical (unpaired) electrons. The van der Waals surface area contributed by atoms with Crippen molar-refractivity contribution in [1.29, 1.82) is 0 Å². The molecule has 4 rings (SSSR count). The SMILES string of the molecule is O=C(c1ccc(OCC2CCCCC2)cc1)N1CCCC1CN1CCCC1. The first-order valence-electron chi connectivity index (χ1n) is 11.1. The van der Waals surface area contributed by atoms with Crippen molar-refractivity contribution in [2.75, 3.05) is 32.8 Å². The summed E-state index contributed by atoms with van der Waals surface area (Å²) in [6, 6.07) is 8.23. The van der Waals surface area contributed by atoms with Crippen molar-refractivity contribution < 1.29 is 9.53 Å². The van der Waals surface area contributed by atoms with E-state index in [-0.39, 0.29) is 5.91 Å². The maximum absolute atomic E-state index is 13.0. The predicted octanol–water partition coefficient (Wildman–Crippen LogP) is 4.35. The Labute approximate surface area is 163 Å². The van der Waals surface area contributed by atoms with Crippen LogP contribution in [0.5, 0.6) is 5.75 Å². The molecule has 3 fully saturated rings. The third-order valence-electron chi connectivity index (χ3n) is 6.62. The van der Waals surface area contributed by atoms with E-state index in [4.69, 9.17) is 4.74 Å². The fourth-order valence-electron chi connectivity index (χ4n) is 4.98. The number of likely N-dealkylation sites (tertiary alicyclic amines) is 2. The second-order valence-corrected chi connectivity index (χ2v) is 8.64. The summed E-state index contributed by atoms with van der Waals surface area (Å²) in [5, 5.41) is 0. The van der Waals surface area contributed by atoms with Gasteiger partial charge in [0.05, 0.1) is 6.61 Å². The topological polar surface area (TPSA) is 32.8 Å². The maximum Gasteiger partial charge on any atom is 0.254 e. The molecule has 148 valence electrons. The third kappa shape index (κ3) is 4.84. The summed E-state index contributed by atoms with van der Waals surface area (Å²) in [5.74, 6) is 1.79. The van der Waals surface area contributed by atoms with Crippen molar-refractivity contribution in [3.8, 4) is 5.75 Å². The van der Waals surface area contributed by atoms with Gasteiger partial charge in [-0.3, -0.25) is 4.79 Å². The first-order chi connectivity index (χ1) is 13.3. The molecule has 0 aromatic heterocycles. The highest BCUT2D eigenvalue weighted by atomic mass is 16.5. The normalized spacial score (nSPS) is 24.4. The first-order valence-corrected chi connectivity index (χ1v) is 11.1. The Kier molecular flexibility index (Phi) is 6.33. The van der Waals surface area contributed by atoms with E-state index in [9.17, 15) is 4.79 Å². The molecule has 0 bridgehead atoms. The van der Waals surface area contributed by atoms with Crippen molar-refractivity contribution in [3.63, 3.8) is 0 Å². The van der Waals surface area contributed by atoms with Crippen LogP contribution in [-0.4, -0.2) is 54.5 Å². The molecule has 0 N–H and O–H groups in total. The van der Waals surface area contributed by atoms with Gasteiger partial charge in [0.25, 0.3) is 5.91 Å². The van der Waals surface area contributed by atoms with Crippen LogP contribution in [0.1, 0.15) is 68.1 Å². The lowest BCUT2D eigenvalue weighted by Gasteiger charge is -2.28. The maximum atomic E-state index is 13.0. The number of hydrogen-bond donors (Lipinski definition) is 0. The van der Waals surface area contributed by atoms with Gasteiger partial charge >= 0.3 is 0 Å². The van der Waals surface area contributed by atoms with Crippen molar-refractivity contribution in [3.05, 3.63) is 29.8 Å². The van der Waals surface area contributed by atoms with Crippen molar-refractivity contribution in [1.82, 2.24) is 9.80 Å². The molecule has 2 aliphatic heterocycles. The van der Waals surface area contributed by atoms with E-state index >= 15 is 0 Å². The summed E-state index contributed by atoms with van der Waals surface area (Å²) in [7, 11) is 0. The highest BCUT2D eigenvalue weighted by Gasteiger charge is 2.31. The minimum absolute atomic E-state index is 0.190. The Hall–Kier alpha value is -1.55. The minimum Gasteiger partial charge on any atom is -0.493 e. The fourth-order valence-corrected chi connectivity index (χ4v) is 4.98. The van der Waals surface area contributed by atoms with Crippen LogP contribution in [0.4, 0.5) is 0 Å². The highest BCUT2D eigenvalue weighted by molar-refractivity contribution is 5.94. The van der Waals surface area contributed by atoms with E-state index in [1.165, 1.54) is 58.0 Å². The van der Waals surface area contributed by atoms with Crippen LogP contribution in [0.2, 0.25) is 0 Å². The average molecular weight is 371 g/mol.